The van der Waals surface area contributed by atoms with E-state index in [-0.39, 0.29) is 24.6 Å². The fourth-order valence-electron chi connectivity index (χ4n) is 1.72. The molecule has 0 saturated carbocycles. The van der Waals surface area contributed by atoms with Gasteiger partial charge in [0.05, 0.1) is 7.11 Å². The lowest BCUT2D eigenvalue weighted by molar-refractivity contribution is -0.141. The molecule has 1 heterocycles. The van der Waals surface area contributed by atoms with Gasteiger partial charge in [0.25, 0.3) is 0 Å². The van der Waals surface area contributed by atoms with Crippen molar-refractivity contribution in [3.8, 4) is 0 Å². The van der Waals surface area contributed by atoms with Crippen molar-refractivity contribution in [3.05, 3.63) is 0 Å². The number of carbonyl (C=O) groups is 2. The standard InChI is InChI=1S/C10H18N2O3/c1-7(2)4-8-5-12(10(14)11-8)6-9(13)15-3/h7-8H,4-6H2,1-3H3,(H,11,14). The summed E-state index contributed by atoms with van der Waals surface area (Å²) in [5.74, 6) is 0.156. The molecule has 1 rings (SSSR count). The number of amides is 2. The zero-order valence-electron chi connectivity index (χ0n) is 9.45. The first-order valence-corrected chi connectivity index (χ1v) is 5.15. The Hall–Kier alpha value is -1.26. The summed E-state index contributed by atoms with van der Waals surface area (Å²) in [6.45, 7) is 4.84. The predicted octanol–water partition coefficient (Wildman–Crippen LogP) is 0.599. The van der Waals surface area contributed by atoms with Gasteiger partial charge in [0.1, 0.15) is 6.54 Å². The Labute approximate surface area is 89.8 Å². The lowest BCUT2D eigenvalue weighted by atomic mass is 10.0. The molecule has 86 valence electrons. The average molecular weight is 214 g/mol. The molecule has 5 heteroatoms. The smallest absolute Gasteiger partial charge is 0.325 e. The van der Waals surface area contributed by atoms with Crippen LogP contribution in [0.1, 0.15) is 20.3 Å². The van der Waals surface area contributed by atoms with Crippen LogP contribution in [0, 0.1) is 5.92 Å². The second-order valence-electron chi connectivity index (χ2n) is 4.23. The molecule has 0 aromatic heterocycles. The highest BCUT2D eigenvalue weighted by Gasteiger charge is 2.30. The van der Waals surface area contributed by atoms with E-state index in [9.17, 15) is 9.59 Å². The third-order valence-electron chi connectivity index (χ3n) is 2.36. The van der Waals surface area contributed by atoms with E-state index in [0.29, 0.717) is 12.5 Å². The van der Waals surface area contributed by atoms with E-state index in [1.807, 2.05) is 0 Å². The van der Waals surface area contributed by atoms with Crippen molar-refractivity contribution in [1.82, 2.24) is 10.2 Å². The van der Waals surface area contributed by atoms with Crippen molar-refractivity contribution in [2.75, 3.05) is 20.2 Å². The Morgan fingerprint density at radius 2 is 2.33 bits per heavy atom. The molecule has 1 N–H and O–H groups in total. The molecule has 1 aliphatic heterocycles. The van der Waals surface area contributed by atoms with Gasteiger partial charge >= 0.3 is 12.0 Å². The van der Waals surface area contributed by atoms with Gasteiger partial charge in [0.15, 0.2) is 0 Å². The molecule has 1 atom stereocenters. The zero-order chi connectivity index (χ0) is 11.4. The third-order valence-corrected chi connectivity index (χ3v) is 2.36. The molecule has 5 nitrogen and oxygen atoms in total. The maximum atomic E-state index is 11.4. The zero-order valence-corrected chi connectivity index (χ0v) is 9.45. The molecule has 15 heavy (non-hydrogen) atoms. The van der Waals surface area contributed by atoms with Crippen LogP contribution in [0.25, 0.3) is 0 Å². The van der Waals surface area contributed by atoms with Gasteiger partial charge in [-0.25, -0.2) is 4.79 Å². The maximum absolute atomic E-state index is 11.4. The van der Waals surface area contributed by atoms with E-state index in [2.05, 4.69) is 23.9 Å². The molecule has 2 amide bonds. The van der Waals surface area contributed by atoms with Crippen LogP contribution in [0.2, 0.25) is 0 Å². The molecule has 0 spiro atoms. The number of hydrogen-bond donors (Lipinski definition) is 1. The van der Waals surface area contributed by atoms with E-state index < -0.39 is 0 Å². The van der Waals surface area contributed by atoms with Gasteiger partial charge < -0.3 is 15.0 Å². The molecule has 0 aliphatic carbocycles. The van der Waals surface area contributed by atoms with Crippen molar-refractivity contribution < 1.29 is 14.3 Å². The van der Waals surface area contributed by atoms with Gasteiger partial charge in [0.2, 0.25) is 0 Å². The summed E-state index contributed by atoms with van der Waals surface area (Å²) in [6.07, 6.45) is 0.934. The number of esters is 1. The van der Waals surface area contributed by atoms with Gasteiger partial charge in [-0.1, -0.05) is 13.8 Å². The predicted molar refractivity (Wildman–Crippen MR) is 55.4 cm³/mol. The Morgan fingerprint density at radius 1 is 1.67 bits per heavy atom. The van der Waals surface area contributed by atoms with E-state index in [1.54, 1.807) is 0 Å². The van der Waals surface area contributed by atoms with E-state index in [1.165, 1.54) is 12.0 Å². The number of ether oxygens (including phenoxy) is 1. The largest absolute Gasteiger partial charge is 0.468 e. The number of urea groups is 1. The monoisotopic (exact) mass is 214 g/mol. The quantitative estimate of drug-likeness (QED) is 0.697. The van der Waals surface area contributed by atoms with Crippen molar-refractivity contribution in [2.24, 2.45) is 5.92 Å². The lowest BCUT2D eigenvalue weighted by Gasteiger charge is -2.13. The summed E-state index contributed by atoms with van der Waals surface area (Å²) in [4.78, 5) is 23.9. The average Bonchev–Trinajstić information content (AvgIpc) is 2.45. The summed E-state index contributed by atoms with van der Waals surface area (Å²) in [5.41, 5.74) is 0. The summed E-state index contributed by atoms with van der Waals surface area (Å²) in [5, 5.41) is 2.84. The normalized spacial score (nSPS) is 20.7. The van der Waals surface area contributed by atoms with Crippen LogP contribution in [0.15, 0.2) is 0 Å². The summed E-state index contributed by atoms with van der Waals surface area (Å²) in [7, 11) is 1.32. The fraction of sp³-hybridized carbons (Fsp3) is 0.800. The first-order chi connectivity index (χ1) is 7.02. The molecular weight excluding hydrogens is 196 g/mol. The second kappa shape index (κ2) is 5.00. The highest BCUT2D eigenvalue weighted by atomic mass is 16.5. The molecule has 0 radical (unpaired) electrons. The topological polar surface area (TPSA) is 58.6 Å². The minimum absolute atomic E-state index is 0.0386. The van der Waals surface area contributed by atoms with Gasteiger partial charge in [0, 0.05) is 12.6 Å². The number of carbonyl (C=O) groups excluding carboxylic acids is 2. The molecule has 1 aliphatic rings. The van der Waals surface area contributed by atoms with Crippen LogP contribution < -0.4 is 5.32 Å². The Bertz CT molecular complexity index is 253. The number of hydrogen-bond acceptors (Lipinski definition) is 3. The summed E-state index contributed by atoms with van der Waals surface area (Å²) in [6, 6.07) is -0.0202. The van der Waals surface area contributed by atoms with Gasteiger partial charge in [-0.2, -0.15) is 0 Å². The Balaban J connectivity index is 2.42. The maximum Gasteiger partial charge on any atom is 0.325 e. The Morgan fingerprint density at radius 3 is 2.87 bits per heavy atom. The van der Waals surface area contributed by atoms with Crippen molar-refractivity contribution in [1.29, 1.82) is 0 Å². The second-order valence-corrected chi connectivity index (χ2v) is 4.23. The van der Waals surface area contributed by atoms with Crippen LogP contribution in [0.3, 0.4) is 0 Å². The number of rotatable bonds is 4. The lowest BCUT2D eigenvalue weighted by Crippen LogP contribution is -2.33. The third kappa shape index (κ3) is 3.42. The molecule has 1 unspecified atom stereocenters. The minimum atomic E-state index is -0.379. The highest BCUT2D eigenvalue weighted by molar-refractivity contribution is 5.82. The van der Waals surface area contributed by atoms with Gasteiger partial charge in [-0.05, 0) is 12.3 Å². The van der Waals surface area contributed by atoms with Crippen LogP contribution in [0.5, 0.6) is 0 Å². The SMILES string of the molecule is COC(=O)CN1CC(CC(C)C)NC1=O. The van der Waals surface area contributed by atoms with E-state index >= 15 is 0 Å². The minimum Gasteiger partial charge on any atom is -0.468 e. The number of nitrogens with zero attached hydrogens (tertiary/aromatic N) is 1. The van der Waals surface area contributed by atoms with Gasteiger partial charge in [-0.3, -0.25) is 4.79 Å². The molecule has 1 fully saturated rings. The molecule has 0 aromatic carbocycles. The Kier molecular flexibility index (Phi) is 3.94. The van der Waals surface area contributed by atoms with Crippen LogP contribution in [-0.2, 0) is 9.53 Å². The molecule has 0 aromatic rings. The highest BCUT2D eigenvalue weighted by Crippen LogP contribution is 2.12. The summed E-state index contributed by atoms with van der Waals surface area (Å²) >= 11 is 0. The fourth-order valence-corrected chi connectivity index (χ4v) is 1.72. The van der Waals surface area contributed by atoms with E-state index in [0.717, 1.165) is 6.42 Å². The number of methoxy groups -OCH3 is 1. The molecule has 1 saturated heterocycles. The summed E-state index contributed by atoms with van der Waals surface area (Å²) < 4.78 is 4.52. The van der Waals surface area contributed by atoms with Crippen molar-refractivity contribution in [2.45, 2.75) is 26.3 Å². The molecular formula is C10H18N2O3. The first kappa shape index (κ1) is 11.8. The molecule has 0 bridgehead atoms. The first-order valence-electron chi connectivity index (χ1n) is 5.15. The van der Waals surface area contributed by atoms with Crippen molar-refractivity contribution >= 4 is 12.0 Å². The van der Waals surface area contributed by atoms with Crippen LogP contribution >= 0.6 is 0 Å². The number of nitrogens with one attached hydrogen (secondary N) is 1. The van der Waals surface area contributed by atoms with Crippen molar-refractivity contribution in [3.63, 3.8) is 0 Å². The van der Waals surface area contributed by atoms with Crippen LogP contribution in [-0.4, -0.2) is 43.1 Å². The van der Waals surface area contributed by atoms with Gasteiger partial charge in [-0.15, -0.1) is 0 Å². The van der Waals surface area contributed by atoms with Crippen LogP contribution in [0.4, 0.5) is 4.79 Å². The van der Waals surface area contributed by atoms with E-state index in [4.69, 9.17) is 0 Å².